The van der Waals surface area contributed by atoms with Crippen molar-refractivity contribution in [1.82, 2.24) is 10.3 Å². The molecule has 1 heterocycles. The molecule has 0 radical (unpaired) electrons. The number of thioether (sulfide) groups is 1. The van der Waals surface area contributed by atoms with Gasteiger partial charge in [0.05, 0.1) is 4.92 Å². The van der Waals surface area contributed by atoms with Crippen molar-refractivity contribution in [2.45, 2.75) is 6.54 Å². The van der Waals surface area contributed by atoms with E-state index in [0.29, 0.717) is 16.7 Å². The molecule has 1 rings (SSSR count). The number of pyridine rings is 1. The van der Waals surface area contributed by atoms with Crippen LogP contribution in [0.5, 0.6) is 0 Å². The van der Waals surface area contributed by atoms with Crippen LogP contribution in [-0.4, -0.2) is 16.2 Å². The highest BCUT2D eigenvalue weighted by Crippen LogP contribution is 2.10. The molecule has 0 aliphatic heterocycles. The van der Waals surface area contributed by atoms with E-state index in [1.54, 1.807) is 18.5 Å². The Labute approximate surface area is 102 Å². The van der Waals surface area contributed by atoms with Crippen LogP contribution in [0.3, 0.4) is 0 Å². The van der Waals surface area contributed by atoms with Crippen LogP contribution in [0.15, 0.2) is 29.6 Å². The average Bonchev–Trinajstić information content (AvgIpc) is 2.26. The average molecular weight is 260 g/mol. The minimum Gasteiger partial charge on any atom is -0.371 e. The normalized spacial score (nSPS) is 11.2. The van der Waals surface area contributed by atoms with Gasteiger partial charge in [-0.1, -0.05) is 17.7 Å². The lowest BCUT2D eigenvalue weighted by Crippen LogP contribution is -2.11. The van der Waals surface area contributed by atoms with Gasteiger partial charge in [0.15, 0.2) is 0 Å². The van der Waals surface area contributed by atoms with Crippen molar-refractivity contribution in [2.75, 3.05) is 6.26 Å². The summed E-state index contributed by atoms with van der Waals surface area (Å²) in [5, 5.41) is 14.1. The molecule has 86 valence electrons. The summed E-state index contributed by atoms with van der Waals surface area (Å²) in [4.78, 5) is 13.7. The predicted octanol–water partition coefficient (Wildman–Crippen LogP) is 2.26. The highest BCUT2D eigenvalue weighted by Gasteiger charge is 2.01. The topological polar surface area (TPSA) is 68.1 Å². The van der Waals surface area contributed by atoms with E-state index in [4.69, 9.17) is 11.6 Å². The molecule has 0 spiro atoms. The third kappa shape index (κ3) is 4.50. The number of aromatic nitrogens is 1. The maximum absolute atomic E-state index is 10.3. The molecule has 0 fully saturated rings. The Bertz CT molecular complexity index is 394. The van der Waals surface area contributed by atoms with Gasteiger partial charge in [-0.25, -0.2) is 4.98 Å². The number of nitrogens with one attached hydrogen (secondary N) is 1. The summed E-state index contributed by atoms with van der Waals surface area (Å²) in [5.41, 5.74) is 0.910. The predicted molar refractivity (Wildman–Crippen MR) is 64.7 cm³/mol. The molecule has 0 amide bonds. The fraction of sp³-hybridized carbons (Fsp3) is 0.222. The fourth-order valence-electron chi connectivity index (χ4n) is 0.966. The van der Waals surface area contributed by atoms with E-state index in [9.17, 15) is 10.1 Å². The summed E-state index contributed by atoms with van der Waals surface area (Å²) in [7, 11) is 0. The molecule has 5 nitrogen and oxygen atoms in total. The second-order valence-electron chi connectivity index (χ2n) is 2.83. The van der Waals surface area contributed by atoms with Gasteiger partial charge in [0.1, 0.15) is 10.2 Å². The van der Waals surface area contributed by atoms with Crippen LogP contribution in [0.2, 0.25) is 5.15 Å². The lowest BCUT2D eigenvalue weighted by molar-refractivity contribution is -0.403. The fourth-order valence-corrected chi connectivity index (χ4v) is 1.49. The zero-order chi connectivity index (χ0) is 12.0. The minimum absolute atomic E-state index is 0.426. The van der Waals surface area contributed by atoms with Crippen LogP contribution in [0.1, 0.15) is 5.56 Å². The third-order valence-corrected chi connectivity index (χ3v) is 2.61. The van der Waals surface area contributed by atoms with E-state index in [-0.39, 0.29) is 0 Å². The molecular formula is C9H10ClN3O2S. The van der Waals surface area contributed by atoms with Crippen molar-refractivity contribution in [1.29, 1.82) is 0 Å². The van der Waals surface area contributed by atoms with E-state index in [0.717, 1.165) is 11.8 Å². The smallest absolute Gasteiger partial charge is 0.263 e. The summed E-state index contributed by atoms with van der Waals surface area (Å²) in [6, 6.07) is 3.49. The molecule has 1 aromatic rings. The van der Waals surface area contributed by atoms with E-state index < -0.39 is 4.92 Å². The van der Waals surface area contributed by atoms with Crippen LogP contribution in [0.4, 0.5) is 0 Å². The van der Waals surface area contributed by atoms with Gasteiger partial charge < -0.3 is 5.32 Å². The largest absolute Gasteiger partial charge is 0.371 e. The van der Waals surface area contributed by atoms with Crippen LogP contribution in [-0.2, 0) is 6.54 Å². The first kappa shape index (κ1) is 12.8. The molecule has 0 atom stereocenters. The lowest BCUT2D eigenvalue weighted by Gasteiger charge is -2.05. The van der Waals surface area contributed by atoms with Crippen molar-refractivity contribution in [2.24, 2.45) is 0 Å². The zero-order valence-electron chi connectivity index (χ0n) is 8.51. The monoisotopic (exact) mass is 259 g/mol. The van der Waals surface area contributed by atoms with Crippen LogP contribution < -0.4 is 5.32 Å². The van der Waals surface area contributed by atoms with Gasteiger partial charge >= 0.3 is 0 Å². The summed E-state index contributed by atoms with van der Waals surface area (Å²) in [5.74, 6) is 0. The molecule has 0 saturated carbocycles. The first-order valence-electron chi connectivity index (χ1n) is 4.35. The van der Waals surface area contributed by atoms with Crippen molar-refractivity contribution >= 4 is 23.4 Å². The summed E-state index contributed by atoms with van der Waals surface area (Å²) in [6.45, 7) is 0.477. The molecule has 0 bridgehead atoms. The summed E-state index contributed by atoms with van der Waals surface area (Å²) < 4.78 is 0. The van der Waals surface area contributed by atoms with Crippen molar-refractivity contribution in [3.8, 4) is 0 Å². The second-order valence-corrected chi connectivity index (χ2v) is 4.06. The molecule has 0 aromatic carbocycles. The number of nitro groups is 1. The van der Waals surface area contributed by atoms with Crippen LogP contribution in [0.25, 0.3) is 0 Å². The number of halogens is 1. The number of nitrogens with zero attached hydrogens (tertiary/aromatic N) is 2. The molecule has 0 aliphatic carbocycles. The van der Waals surface area contributed by atoms with Crippen LogP contribution >= 0.6 is 23.4 Å². The quantitative estimate of drug-likeness (QED) is 0.499. The maximum Gasteiger partial charge on any atom is 0.263 e. The number of rotatable bonds is 5. The Morgan fingerprint density at radius 3 is 3.00 bits per heavy atom. The molecule has 0 aliphatic rings. The maximum atomic E-state index is 10.3. The molecule has 7 heteroatoms. The van der Waals surface area contributed by atoms with Gasteiger partial charge in [-0.2, -0.15) is 0 Å². The summed E-state index contributed by atoms with van der Waals surface area (Å²) >= 11 is 6.92. The van der Waals surface area contributed by atoms with Gasteiger partial charge in [-0.05, 0) is 17.9 Å². The van der Waals surface area contributed by atoms with Gasteiger partial charge in [-0.3, -0.25) is 10.1 Å². The van der Waals surface area contributed by atoms with Gasteiger partial charge in [0.2, 0.25) is 0 Å². The SMILES string of the molecule is CS/C(=C\[N+](=O)[O-])NCc1ccc(Cl)nc1. The Kier molecular flexibility index (Phi) is 5.07. The summed E-state index contributed by atoms with van der Waals surface area (Å²) in [6.07, 6.45) is 4.33. The van der Waals surface area contributed by atoms with Gasteiger partial charge in [0.25, 0.3) is 6.20 Å². The molecule has 0 unspecified atom stereocenters. The standard InChI is InChI=1S/C9H10ClN3O2S/c1-16-9(6-13(14)15)12-5-7-2-3-8(10)11-4-7/h2-4,6,12H,5H2,1H3/b9-6-. The molecular weight excluding hydrogens is 250 g/mol. The highest BCUT2D eigenvalue weighted by atomic mass is 35.5. The van der Waals surface area contributed by atoms with E-state index in [1.807, 2.05) is 6.07 Å². The van der Waals surface area contributed by atoms with Gasteiger partial charge in [0, 0.05) is 12.7 Å². The van der Waals surface area contributed by atoms with Crippen LogP contribution in [0, 0.1) is 10.1 Å². The second kappa shape index (κ2) is 6.34. The Morgan fingerprint density at radius 2 is 2.50 bits per heavy atom. The molecule has 1 aromatic heterocycles. The van der Waals surface area contributed by atoms with Crippen molar-refractivity contribution in [3.05, 3.63) is 50.4 Å². The molecule has 16 heavy (non-hydrogen) atoms. The van der Waals surface area contributed by atoms with Crippen molar-refractivity contribution < 1.29 is 4.92 Å². The zero-order valence-corrected chi connectivity index (χ0v) is 10.1. The molecule has 0 saturated heterocycles. The Morgan fingerprint density at radius 1 is 1.75 bits per heavy atom. The third-order valence-electron chi connectivity index (χ3n) is 1.70. The van der Waals surface area contributed by atoms with E-state index in [1.165, 1.54) is 11.8 Å². The lowest BCUT2D eigenvalue weighted by atomic mass is 10.3. The number of hydrogen-bond donors (Lipinski definition) is 1. The Hall–Kier alpha value is -1.27. The van der Waals surface area contributed by atoms with Crippen molar-refractivity contribution in [3.63, 3.8) is 0 Å². The van der Waals surface area contributed by atoms with Gasteiger partial charge in [-0.15, -0.1) is 11.8 Å². The minimum atomic E-state index is -0.487. The molecule has 1 N–H and O–H groups in total. The number of hydrogen-bond acceptors (Lipinski definition) is 5. The first-order chi connectivity index (χ1) is 7.61. The van der Waals surface area contributed by atoms with E-state index in [2.05, 4.69) is 10.3 Å². The van der Waals surface area contributed by atoms with E-state index >= 15 is 0 Å². The first-order valence-corrected chi connectivity index (χ1v) is 5.95. The highest BCUT2D eigenvalue weighted by molar-refractivity contribution is 8.02. The Balaban J connectivity index is 2.56.